The van der Waals surface area contributed by atoms with Gasteiger partial charge in [-0.2, -0.15) is 0 Å². The minimum Gasteiger partial charge on any atom is -0.146 e. The number of rotatable bonds is 22. The molecule has 0 aliphatic carbocycles. The largest absolute Gasteiger partial charge is 0.250 e. The fourth-order valence-corrected chi connectivity index (χ4v) is 45.1. The third-order valence-electron chi connectivity index (χ3n) is 8.21. The normalized spacial score (nSPS) is 14.3. The summed E-state index contributed by atoms with van der Waals surface area (Å²) in [5, 5.41) is 0. The lowest BCUT2D eigenvalue weighted by Crippen LogP contribution is -2.36. The summed E-state index contributed by atoms with van der Waals surface area (Å²) in [6.07, 6.45) is 4.40. The molecule has 1 aromatic carbocycles. The molecule has 0 saturated carbocycles. The molecule has 27 heteroatoms. The summed E-state index contributed by atoms with van der Waals surface area (Å²) in [5.74, 6) is 0. The molecule has 0 nitrogen and oxygen atoms in total. The Hall–Kier alpha value is 6.39. The summed E-state index contributed by atoms with van der Waals surface area (Å²) in [7, 11) is 0. The van der Waals surface area contributed by atoms with Crippen LogP contribution < -0.4 is 0 Å². The van der Waals surface area contributed by atoms with Gasteiger partial charge in [-0.05, 0) is 172 Å². The molecule has 0 N–H and O–H groups in total. The summed E-state index contributed by atoms with van der Waals surface area (Å²) < 4.78 is 0. The minimum absolute atomic E-state index is 0.508. The lowest BCUT2D eigenvalue weighted by Gasteiger charge is -2.30. The van der Waals surface area contributed by atoms with Crippen molar-refractivity contribution in [2.24, 2.45) is 0 Å². The molecule has 55 heavy (non-hydrogen) atoms. The Bertz CT molecular complexity index is 1090. The van der Waals surface area contributed by atoms with E-state index < -0.39 is 60.2 Å². The van der Waals surface area contributed by atoms with E-state index >= 15 is 0 Å². The second kappa shape index (κ2) is 25.0. The van der Waals surface area contributed by atoms with E-state index in [9.17, 15) is 0 Å². The van der Waals surface area contributed by atoms with Crippen LogP contribution in [0.25, 0.3) is 0 Å². The summed E-state index contributed by atoms with van der Waals surface area (Å²) in [6, 6.07) is 4.19. The molecule has 1 rings (SSSR count). The third-order valence-corrected chi connectivity index (χ3v) is 40.5. The van der Waals surface area contributed by atoms with Crippen LogP contribution in [0.5, 0.6) is 0 Å². The van der Waals surface area contributed by atoms with E-state index in [1.165, 1.54) is 33.4 Å². The Kier molecular flexibility index (Phi) is 27.9. The van der Waals surface area contributed by atoms with E-state index in [1.807, 2.05) is 39.3 Å². The molecule has 0 heterocycles. The highest BCUT2D eigenvalue weighted by Crippen LogP contribution is 2.42. The predicted octanol–water partition coefficient (Wildman–Crippen LogP) is 19.3. The van der Waals surface area contributed by atoms with E-state index in [-0.39, 0.29) is 0 Å². The molecule has 326 valence electrons. The molecule has 0 aliphatic heterocycles. The van der Waals surface area contributed by atoms with Gasteiger partial charge in [0.1, 0.15) is 0 Å². The molecule has 0 atom stereocenters. The van der Waals surface area contributed by atoms with E-state index in [4.69, 9.17) is 199 Å². The second-order valence-electron chi connectivity index (χ2n) is 15.6. The Morgan fingerprint density at radius 1 is 0.236 bits per heavy atom. The van der Waals surface area contributed by atoms with E-state index in [2.05, 4.69) is 0 Å². The van der Waals surface area contributed by atoms with E-state index in [0.29, 0.717) is 47.6 Å². The number of hydrogen-bond donors (Lipinski definition) is 0. The SMILES string of the molecule is C[Si](Cl)(Cl)CCc1c(CC[Si](C)(Cl)Cl)c(CC[Si](C)(Cl)Cl)c(CC[Si](C)(Cl)Cl)c(CC[Si](C)(Cl)Cl)c1CC[Si](C)(Cl)Cl.C[Si](Cl)(Cl)C[Si](Cl)(Cl)C[Si](C)(Cl)Cl. The number of hydrogen-bond acceptors (Lipinski definition) is 0. The van der Waals surface area contributed by atoms with Gasteiger partial charge >= 0.3 is 0 Å². The maximum absolute atomic E-state index is 6.69. The maximum Gasteiger partial charge on any atom is 0.250 e. The zero-order chi connectivity index (χ0) is 43.9. The first kappa shape index (κ1) is 61.4. The van der Waals surface area contributed by atoms with Crippen LogP contribution in [0.4, 0.5) is 0 Å². The predicted molar refractivity (Wildman–Crippen MR) is 291 cm³/mol. The van der Waals surface area contributed by atoms with Gasteiger partial charge in [-0.1, -0.05) is 0 Å². The van der Waals surface area contributed by atoms with Crippen LogP contribution in [0, 0.1) is 0 Å². The Morgan fingerprint density at radius 3 is 0.455 bits per heavy atom. The van der Waals surface area contributed by atoms with Crippen molar-refractivity contribution in [3.8, 4) is 0 Å². The highest BCUT2D eigenvalue weighted by Gasteiger charge is 2.44. The van der Waals surface area contributed by atoms with Gasteiger partial charge in [0.05, 0.1) is 0 Å². The average molecular weight is 1280 g/mol. The van der Waals surface area contributed by atoms with Crippen LogP contribution in [0.2, 0.25) is 100.0 Å². The van der Waals surface area contributed by atoms with Gasteiger partial charge in [-0.3, -0.25) is 0 Å². The summed E-state index contributed by atoms with van der Waals surface area (Å²) in [4.78, 5) is 0. The first-order valence-corrected chi connectivity index (χ1v) is 59.8. The van der Waals surface area contributed by atoms with Crippen molar-refractivity contribution >= 4 is 260 Å². The Labute approximate surface area is 425 Å². The maximum atomic E-state index is 6.69. The van der Waals surface area contributed by atoms with Crippen LogP contribution in [0.15, 0.2) is 0 Å². The summed E-state index contributed by atoms with van der Waals surface area (Å²) in [6.45, 7) is -6.20. The van der Waals surface area contributed by atoms with Crippen molar-refractivity contribution in [1.82, 2.24) is 0 Å². The quantitative estimate of drug-likeness (QED) is 0.0802. The minimum atomic E-state index is -2.43. The molecular weight excluding hydrogens is 1230 g/mol. The molecule has 0 bridgehead atoms. The van der Waals surface area contributed by atoms with E-state index in [1.54, 1.807) is 13.1 Å². The number of halogens is 18. The van der Waals surface area contributed by atoms with Gasteiger partial charge in [0.15, 0.2) is 0 Å². The van der Waals surface area contributed by atoms with Crippen LogP contribution in [-0.4, -0.2) is 60.2 Å². The first-order valence-electron chi connectivity index (χ1n) is 17.6. The molecule has 0 fully saturated rings. The van der Waals surface area contributed by atoms with Crippen LogP contribution in [0.1, 0.15) is 33.4 Å². The van der Waals surface area contributed by atoms with Gasteiger partial charge in [0.25, 0.3) is 6.69 Å². The van der Waals surface area contributed by atoms with Crippen molar-refractivity contribution in [2.75, 3.05) is 0 Å². The van der Waals surface area contributed by atoms with Gasteiger partial charge < -0.3 is 0 Å². The van der Waals surface area contributed by atoms with Gasteiger partial charge in [0.2, 0.25) is 53.5 Å². The average Bonchev–Trinajstić information content (AvgIpc) is 2.85. The Balaban J connectivity index is 0.00000190. The van der Waals surface area contributed by atoms with Crippen molar-refractivity contribution < 1.29 is 0 Å². The zero-order valence-electron chi connectivity index (χ0n) is 32.2. The summed E-state index contributed by atoms with van der Waals surface area (Å²) >= 11 is 116. The molecule has 0 spiro atoms. The smallest absolute Gasteiger partial charge is 0.146 e. The fraction of sp³-hybridized carbons (Fsp3) is 0.786. The van der Waals surface area contributed by atoms with Gasteiger partial charge in [0, 0.05) is 0 Å². The van der Waals surface area contributed by atoms with Crippen molar-refractivity contribution in [3.05, 3.63) is 33.4 Å². The van der Waals surface area contributed by atoms with E-state index in [0.717, 1.165) is 38.5 Å². The van der Waals surface area contributed by atoms with Crippen LogP contribution in [-0.2, 0) is 38.5 Å². The van der Waals surface area contributed by atoms with Crippen molar-refractivity contribution in [1.29, 1.82) is 0 Å². The second-order valence-corrected chi connectivity index (χ2v) is 89.9. The topological polar surface area (TPSA) is 0 Å². The zero-order valence-corrected chi connectivity index (χ0v) is 54.8. The summed E-state index contributed by atoms with van der Waals surface area (Å²) in [5.41, 5.74) is 8.51. The molecular formula is C28H52Cl18Si9. The number of benzene rings is 1. The van der Waals surface area contributed by atoms with Gasteiger partial charge in [-0.25, -0.2) is 0 Å². The van der Waals surface area contributed by atoms with Gasteiger partial charge in [-0.15, -0.1) is 199 Å². The Morgan fingerprint density at radius 2 is 0.364 bits per heavy atom. The molecule has 0 saturated heterocycles. The molecule has 0 aromatic heterocycles. The lowest BCUT2D eigenvalue weighted by atomic mass is 9.81. The monoisotopic (exact) mass is 1270 g/mol. The molecule has 0 aliphatic rings. The lowest BCUT2D eigenvalue weighted by molar-refractivity contribution is 0.866. The fourth-order valence-electron chi connectivity index (χ4n) is 5.94. The highest BCUT2D eigenvalue weighted by molar-refractivity contribution is 7.61. The first-order chi connectivity index (χ1) is 24.0. The molecule has 0 unspecified atom stereocenters. The standard InChI is InChI=1S/C24H42Cl12Si6.C4H10Cl6Si3/c1-37(25,26)13-7-19-20(8-14-38(2,27)28)22(10-16-40(4,31)32)24(12-18-42(6,35)36)23(11-17-41(5,33)34)21(19)9-15-39(3,29)30;1-11(5,6)3-13(9,10)4-12(2,7)8/h7-18H2,1-6H3;3-4H2,1-2H3. The van der Waals surface area contributed by atoms with Crippen LogP contribution >= 0.6 is 199 Å². The van der Waals surface area contributed by atoms with Crippen molar-refractivity contribution in [2.45, 2.75) is 139 Å². The van der Waals surface area contributed by atoms with Crippen LogP contribution in [0.3, 0.4) is 0 Å². The molecule has 0 amide bonds. The molecule has 1 aromatic rings. The molecule has 0 radical (unpaired) electrons. The van der Waals surface area contributed by atoms with Crippen molar-refractivity contribution in [3.63, 3.8) is 0 Å². The highest BCUT2D eigenvalue weighted by atomic mass is 35.7. The third kappa shape index (κ3) is 33.5.